The quantitative estimate of drug-likeness (QED) is 0.440. The molecule has 0 fully saturated rings. The lowest BCUT2D eigenvalue weighted by Gasteiger charge is -2.27. The molecule has 18 heteroatoms. The van der Waals surface area contributed by atoms with Crippen molar-refractivity contribution in [2.75, 3.05) is 18.5 Å². The Labute approximate surface area is 215 Å². The maximum Gasteiger partial charge on any atom is 0.490 e. The van der Waals surface area contributed by atoms with E-state index >= 15 is 0 Å². The van der Waals surface area contributed by atoms with Crippen LogP contribution in [0.15, 0.2) is 41.4 Å². The first-order chi connectivity index (χ1) is 18.1. The molecule has 39 heavy (non-hydrogen) atoms. The molecule has 0 amide bonds. The predicted octanol–water partition coefficient (Wildman–Crippen LogP) is 3.32. The summed E-state index contributed by atoms with van der Waals surface area (Å²) in [6.45, 7) is 3.69. The fourth-order valence-corrected chi connectivity index (χ4v) is 3.03. The maximum atomic E-state index is 13.0. The summed E-state index contributed by atoms with van der Waals surface area (Å²) in [5, 5.41) is 14.2. The Morgan fingerprint density at radius 2 is 1.59 bits per heavy atom. The second kappa shape index (κ2) is 13.0. The number of rotatable bonds is 5. The zero-order chi connectivity index (χ0) is 29.4. The van der Waals surface area contributed by atoms with Crippen LogP contribution in [0.5, 0.6) is 0 Å². The largest absolute Gasteiger partial charge is 0.490 e. The number of hydrogen-bond donors (Lipinski definition) is 2. The van der Waals surface area contributed by atoms with Crippen LogP contribution in [0.1, 0.15) is 17.3 Å². The van der Waals surface area contributed by atoms with Crippen molar-refractivity contribution in [2.24, 2.45) is 0 Å². The van der Waals surface area contributed by atoms with Crippen molar-refractivity contribution in [3.63, 3.8) is 0 Å². The van der Waals surface area contributed by atoms with E-state index in [9.17, 15) is 30.7 Å². The molecule has 0 spiro atoms. The number of alkyl halides is 6. The van der Waals surface area contributed by atoms with Gasteiger partial charge in [0, 0.05) is 25.8 Å². The SMILES string of the molecule is CN(Cc1cn2c(n1)CN(c1ncc(F)cn1)CC2)Cc1ccco1.O=C(O)C(F)(F)F.O=C(O)C(F)(F)F. The number of aliphatic carboxylic acids is 2. The molecule has 0 saturated heterocycles. The van der Waals surface area contributed by atoms with Gasteiger partial charge in [-0.25, -0.2) is 28.9 Å². The summed E-state index contributed by atoms with van der Waals surface area (Å²) >= 11 is 0. The normalized spacial score (nSPS) is 13.1. The molecular weight excluding hydrogens is 549 g/mol. The number of hydrogen-bond acceptors (Lipinski definition) is 8. The Hall–Kier alpha value is -4.22. The van der Waals surface area contributed by atoms with Gasteiger partial charge in [-0.2, -0.15) is 26.3 Å². The van der Waals surface area contributed by atoms with Gasteiger partial charge in [-0.05, 0) is 19.2 Å². The number of anilines is 1. The van der Waals surface area contributed by atoms with Gasteiger partial charge in [-0.15, -0.1) is 0 Å². The summed E-state index contributed by atoms with van der Waals surface area (Å²) in [5.74, 6) is -3.50. The van der Waals surface area contributed by atoms with E-state index in [1.54, 1.807) is 6.26 Å². The average molecular weight is 570 g/mol. The van der Waals surface area contributed by atoms with Gasteiger partial charge >= 0.3 is 24.3 Å². The maximum absolute atomic E-state index is 13.0. The molecule has 0 saturated carbocycles. The van der Waals surface area contributed by atoms with Gasteiger partial charge in [-0.3, -0.25) is 4.90 Å². The van der Waals surface area contributed by atoms with Gasteiger partial charge in [-0.1, -0.05) is 0 Å². The lowest BCUT2D eigenvalue weighted by Crippen LogP contribution is -2.34. The Morgan fingerprint density at radius 3 is 2.08 bits per heavy atom. The summed E-state index contributed by atoms with van der Waals surface area (Å²) in [7, 11) is 2.04. The number of nitrogens with zero attached hydrogens (tertiary/aromatic N) is 6. The first kappa shape index (κ1) is 31.0. The van der Waals surface area contributed by atoms with Gasteiger partial charge in [0.2, 0.25) is 5.95 Å². The van der Waals surface area contributed by atoms with E-state index in [0.29, 0.717) is 12.5 Å². The first-order valence-corrected chi connectivity index (χ1v) is 10.6. The third-order valence-corrected chi connectivity index (χ3v) is 4.66. The van der Waals surface area contributed by atoms with Crippen LogP contribution in [0.4, 0.5) is 36.7 Å². The van der Waals surface area contributed by atoms with E-state index in [-0.39, 0.29) is 0 Å². The van der Waals surface area contributed by atoms with Gasteiger partial charge in [0.05, 0.1) is 37.4 Å². The average Bonchev–Trinajstić information content (AvgIpc) is 3.47. The number of carboxylic acids is 2. The fourth-order valence-electron chi connectivity index (χ4n) is 3.03. The molecule has 4 heterocycles. The van der Waals surface area contributed by atoms with Crippen LogP contribution < -0.4 is 4.90 Å². The monoisotopic (exact) mass is 570 g/mol. The zero-order valence-corrected chi connectivity index (χ0v) is 19.9. The first-order valence-electron chi connectivity index (χ1n) is 10.6. The number of imidazole rings is 1. The molecule has 2 N–H and O–H groups in total. The number of carbonyl (C=O) groups is 2. The molecule has 4 rings (SSSR count). The molecule has 3 aromatic rings. The summed E-state index contributed by atoms with van der Waals surface area (Å²) in [6, 6.07) is 3.86. The van der Waals surface area contributed by atoms with Crippen molar-refractivity contribution < 1.29 is 55.0 Å². The van der Waals surface area contributed by atoms with Crippen LogP contribution in [0.2, 0.25) is 0 Å². The minimum Gasteiger partial charge on any atom is -0.475 e. The molecule has 1 aliphatic heterocycles. The molecular formula is C21H21F7N6O5. The molecule has 0 bridgehead atoms. The number of halogens is 7. The van der Waals surface area contributed by atoms with Gasteiger partial charge < -0.3 is 24.1 Å². The van der Waals surface area contributed by atoms with Crippen molar-refractivity contribution >= 4 is 17.9 Å². The highest BCUT2D eigenvalue weighted by Gasteiger charge is 2.38. The molecule has 0 unspecified atom stereocenters. The third-order valence-electron chi connectivity index (χ3n) is 4.66. The summed E-state index contributed by atoms with van der Waals surface area (Å²) < 4.78 is 84.0. The van der Waals surface area contributed by atoms with Crippen LogP contribution in [0.25, 0.3) is 0 Å². The fraction of sp³-hybridized carbons (Fsp3) is 0.381. The minimum absolute atomic E-state index is 0.427. The van der Waals surface area contributed by atoms with E-state index in [1.165, 1.54) is 12.4 Å². The molecule has 0 aliphatic carbocycles. The number of fused-ring (bicyclic) bond motifs is 1. The molecule has 1 aliphatic rings. The van der Waals surface area contributed by atoms with E-state index in [0.717, 1.165) is 43.5 Å². The summed E-state index contributed by atoms with van der Waals surface area (Å²) in [6.07, 6.45) is -4.00. The van der Waals surface area contributed by atoms with E-state index in [4.69, 9.17) is 29.2 Å². The molecule has 0 atom stereocenters. The second-order valence-corrected chi connectivity index (χ2v) is 7.82. The molecule has 0 aromatic carbocycles. The molecule has 0 radical (unpaired) electrons. The lowest BCUT2D eigenvalue weighted by molar-refractivity contribution is -0.193. The highest BCUT2D eigenvalue weighted by atomic mass is 19.4. The molecule has 11 nitrogen and oxygen atoms in total. The Balaban J connectivity index is 0.000000317. The van der Waals surface area contributed by atoms with Crippen molar-refractivity contribution in [3.8, 4) is 0 Å². The topological polar surface area (TPSA) is 138 Å². The summed E-state index contributed by atoms with van der Waals surface area (Å²) in [5.41, 5.74) is 1.02. The third kappa shape index (κ3) is 10.2. The summed E-state index contributed by atoms with van der Waals surface area (Å²) in [4.78, 5) is 34.8. The van der Waals surface area contributed by atoms with Crippen molar-refractivity contribution in [2.45, 2.75) is 38.5 Å². The standard InChI is InChI=1S/C17H19FN6O.2C2HF3O2/c1-22(11-15-3-2-6-25-15)9-14-10-23-4-5-24(12-16(23)21-14)17-19-7-13(18)8-20-17;2*3-2(4,5)1(6)7/h2-3,6-8,10H,4-5,9,11-12H2,1H3;2*(H,6,7). The van der Waals surface area contributed by atoms with Gasteiger partial charge in [0.15, 0.2) is 5.82 Å². The van der Waals surface area contributed by atoms with E-state index < -0.39 is 30.1 Å². The highest BCUT2D eigenvalue weighted by Crippen LogP contribution is 2.18. The van der Waals surface area contributed by atoms with Crippen molar-refractivity contribution in [1.82, 2.24) is 24.4 Å². The number of furan rings is 1. The van der Waals surface area contributed by atoms with Crippen LogP contribution in [-0.2, 0) is 35.8 Å². The minimum atomic E-state index is -5.08. The highest BCUT2D eigenvalue weighted by molar-refractivity contribution is 5.73. The van der Waals surface area contributed by atoms with Crippen LogP contribution in [-0.4, -0.2) is 72.5 Å². The van der Waals surface area contributed by atoms with E-state index in [1.807, 2.05) is 24.1 Å². The number of carboxylic acid groups (broad SMARTS) is 2. The van der Waals surface area contributed by atoms with Crippen LogP contribution in [0.3, 0.4) is 0 Å². The predicted molar refractivity (Wildman–Crippen MR) is 117 cm³/mol. The Morgan fingerprint density at radius 1 is 1.03 bits per heavy atom. The van der Waals surface area contributed by atoms with Crippen molar-refractivity contribution in [1.29, 1.82) is 0 Å². The smallest absolute Gasteiger partial charge is 0.475 e. The Kier molecular flexibility index (Phi) is 10.4. The van der Waals surface area contributed by atoms with E-state index in [2.05, 4.69) is 25.6 Å². The molecule has 214 valence electrons. The van der Waals surface area contributed by atoms with Gasteiger partial charge in [0.25, 0.3) is 0 Å². The molecule has 3 aromatic heterocycles. The zero-order valence-electron chi connectivity index (χ0n) is 19.9. The Bertz CT molecular complexity index is 1190. The lowest BCUT2D eigenvalue weighted by atomic mass is 10.3. The van der Waals surface area contributed by atoms with Crippen LogP contribution in [0, 0.1) is 5.82 Å². The number of aromatic nitrogens is 4. The van der Waals surface area contributed by atoms with Crippen LogP contribution >= 0.6 is 0 Å². The van der Waals surface area contributed by atoms with Crippen molar-refractivity contribution in [3.05, 3.63) is 60.1 Å². The second-order valence-electron chi connectivity index (χ2n) is 7.82. The van der Waals surface area contributed by atoms with Gasteiger partial charge in [0.1, 0.15) is 11.6 Å².